The molecule has 0 aliphatic heterocycles. The number of carbonyl (C=O) groups is 2. The highest BCUT2D eigenvalue weighted by Crippen LogP contribution is 2.25. The first-order valence-electron chi connectivity index (χ1n) is 8.34. The van der Waals surface area contributed by atoms with Crippen LogP contribution in [0.15, 0.2) is 66.7 Å². The molecule has 0 heterocycles. The van der Waals surface area contributed by atoms with Gasteiger partial charge >= 0.3 is 5.97 Å². The molecule has 0 spiro atoms. The highest BCUT2D eigenvalue weighted by atomic mass is 16.5. The van der Waals surface area contributed by atoms with Crippen LogP contribution in [0.2, 0.25) is 0 Å². The maximum absolute atomic E-state index is 11.5. The molecule has 1 amide bonds. The van der Waals surface area contributed by atoms with Gasteiger partial charge in [-0.05, 0) is 40.6 Å². The Kier molecular flexibility index (Phi) is 5.49. The SMILES string of the molecule is O=C(O)CCC(=O)NCc1ccc(Oc2ccc3ccccc3c2)cc1. The quantitative estimate of drug-likeness (QED) is 0.673. The summed E-state index contributed by atoms with van der Waals surface area (Å²) in [5.41, 5.74) is 0.916. The number of ether oxygens (including phenoxy) is 1. The molecule has 3 aromatic carbocycles. The highest BCUT2D eigenvalue weighted by molar-refractivity contribution is 5.83. The summed E-state index contributed by atoms with van der Waals surface area (Å²) in [5.74, 6) is 0.221. The van der Waals surface area contributed by atoms with Gasteiger partial charge in [-0.25, -0.2) is 0 Å². The van der Waals surface area contributed by atoms with Crippen molar-refractivity contribution in [2.75, 3.05) is 0 Å². The van der Waals surface area contributed by atoms with E-state index in [2.05, 4.69) is 11.4 Å². The lowest BCUT2D eigenvalue weighted by Gasteiger charge is -2.09. The van der Waals surface area contributed by atoms with Crippen LogP contribution in [0.4, 0.5) is 0 Å². The molecule has 0 atom stereocenters. The van der Waals surface area contributed by atoms with E-state index in [0.29, 0.717) is 12.3 Å². The lowest BCUT2D eigenvalue weighted by Crippen LogP contribution is -2.23. The third-order valence-electron chi connectivity index (χ3n) is 3.94. The van der Waals surface area contributed by atoms with Crippen LogP contribution in [0.5, 0.6) is 11.5 Å². The van der Waals surface area contributed by atoms with Crippen LogP contribution in [-0.2, 0) is 16.1 Å². The average molecular weight is 349 g/mol. The van der Waals surface area contributed by atoms with E-state index in [1.54, 1.807) is 0 Å². The number of carboxylic acids is 1. The van der Waals surface area contributed by atoms with Crippen LogP contribution in [0.1, 0.15) is 18.4 Å². The van der Waals surface area contributed by atoms with Crippen molar-refractivity contribution in [1.82, 2.24) is 5.32 Å². The molecule has 0 saturated heterocycles. The number of benzene rings is 3. The molecular formula is C21H19NO4. The summed E-state index contributed by atoms with van der Waals surface area (Å²) in [4.78, 5) is 22.0. The summed E-state index contributed by atoms with van der Waals surface area (Å²) in [5, 5.41) is 13.5. The Bertz CT molecular complexity index is 919. The number of hydrogen-bond donors (Lipinski definition) is 2. The Morgan fingerprint density at radius 1 is 0.846 bits per heavy atom. The third kappa shape index (κ3) is 4.83. The number of rotatable bonds is 7. The second kappa shape index (κ2) is 8.16. The molecule has 0 fully saturated rings. The molecule has 3 aromatic rings. The zero-order chi connectivity index (χ0) is 18.4. The van der Waals surface area contributed by atoms with Gasteiger partial charge in [0.05, 0.1) is 6.42 Å². The highest BCUT2D eigenvalue weighted by Gasteiger charge is 2.05. The van der Waals surface area contributed by atoms with E-state index in [0.717, 1.165) is 22.1 Å². The Morgan fingerprint density at radius 3 is 2.27 bits per heavy atom. The van der Waals surface area contributed by atoms with Gasteiger partial charge in [-0.1, -0.05) is 42.5 Å². The maximum Gasteiger partial charge on any atom is 0.303 e. The fourth-order valence-corrected chi connectivity index (χ4v) is 2.55. The van der Waals surface area contributed by atoms with E-state index in [4.69, 9.17) is 9.84 Å². The van der Waals surface area contributed by atoms with E-state index < -0.39 is 5.97 Å². The number of fused-ring (bicyclic) bond motifs is 1. The smallest absolute Gasteiger partial charge is 0.303 e. The molecule has 0 unspecified atom stereocenters. The zero-order valence-electron chi connectivity index (χ0n) is 14.1. The first-order chi connectivity index (χ1) is 12.6. The molecule has 132 valence electrons. The second-order valence-corrected chi connectivity index (χ2v) is 5.93. The summed E-state index contributed by atoms with van der Waals surface area (Å²) in [6.45, 7) is 0.356. The number of carbonyl (C=O) groups excluding carboxylic acids is 1. The van der Waals surface area contributed by atoms with Crippen molar-refractivity contribution in [1.29, 1.82) is 0 Å². The molecule has 0 aliphatic rings. The van der Waals surface area contributed by atoms with E-state index in [-0.39, 0.29) is 18.7 Å². The molecule has 0 saturated carbocycles. The van der Waals surface area contributed by atoms with E-state index >= 15 is 0 Å². The fourth-order valence-electron chi connectivity index (χ4n) is 2.55. The first-order valence-corrected chi connectivity index (χ1v) is 8.34. The van der Waals surface area contributed by atoms with Gasteiger partial charge in [0.15, 0.2) is 0 Å². The Hall–Kier alpha value is -3.34. The summed E-state index contributed by atoms with van der Waals surface area (Å²) in [6.07, 6.45) is -0.178. The minimum absolute atomic E-state index is 0.0154. The summed E-state index contributed by atoms with van der Waals surface area (Å²) < 4.78 is 5.88. The molecular weight excluding hydrogens is 330 g/mol. The van der Waals surface area contributed by atoms with E-state index in [9.17, 15) is 9.59 Å². The van der Waals surface area contributed by atoms with E-state index in [1.807, 2.05) is 60.7 Å². The Morgan fingerprint density at radius 2 is 1.54 bits per heavy atom. The average Bonchev–Trinajstić information content (AvgIpc) is 2.65. The molecule has 5 nitrogen and oxygen atoms in total. The van der Waals surface area contributed by atoms with Crippen molar-refractivity contribution in [3.8, 4) is 11.5 Å². The van der Waals surface area contributed by atoms with Crippen molar-refractivity contribution in [3.05, 3.63) is 72.3 Å². The normalized spacial score (nSPS) is 10.5. The van der Waals surface area contributed by atoms with Gasteiger partial charge in [0.1, 0.15) is 11.5 Å². The van der Waals surface area contributed by atoms with Crippen LogP contribution in [0.25, 0.3) is 10.8 Å². The first kappa shape index (κ1) is 17.5. The minimum atomic E-state index is -0.977. The number of aliphatic carboxylic acids is 1. The monoisotopic (exact) mass is 349 g/mol. The van der Waals surface area contributed by atoms with Gasteiger partial charge in [-0.15, -0.1) is 0 Å². The Labute approximate surface area is 151 Å². The molecule has 26 heavy (non-hydrogen) atoms. The van der Waals surface area contributed by atoms with E-state index in [1.165, 1.54) is 0 Å². The summed E-state index contributed by atoms with van der Waals surface area (Å²) >= 11 is 0. The number of nitrogens with one attached hydrogen (secondary N) is 1. The van der Waals surface area contributed by atoms with Crippen LogP contribution >= 0.6 is 0 Å². The lowest BCUT2D eigenvalue weighted by atomic mass is 10.1. The van der Waals surface area contributed by atoms with Gasteiger partial charge < -0.3 is 15.2 Å². The molecule has 3 rings (SSSR count). The van der Waals surface area contributed by atoms with Crippen molar-refractivity contribution in [2.45, 2.75) is 19.4 Å². The molecule has 0 bridgehead atoms. The van der Waals surface area contributed by atoms with Crippen molar-refractivity contribution in [3.63, 3.8) is 0 Å². The minimum Gasteiger partial charge on any atom is -0.481 e. The van der Waals surface area contributed by atoms with Gasteiger partial charge in [-0.2, -0.15) is 0 Å². The fraction of sp³-hybridized carbons (Fsp3) is 0.143. The molecule has 2 N–H and O–H groups in total. The van der Waals surface area contributed by atoms with Crippen LogP contribution < -0.4 is 10.1 Å². The topological polar surface area (TPSA) is 75.6 Å². The van der Waals surface area contributed by atoms with Crippen molar-refractivity contribution in [2.24, 2.45) is 0 Å². The number of amides is 1. The Balaban J connectivity index is 1.56. The maximum atomic E-state index is 11.5. The molecule has 5 heteroatoms. The van der Waals surface area contributed by atoms with Crippen LogP contribution in [-0.4, -0.2) is 17.0 Å². The number of carboxylic acid groups (broad SMARTS) is 1. The van der Waals surface area contributed by atoms with Crippen molar-refractivity contribution < 1.29 is 19.4 Å². The standard InChI is InChI=1S/C21H19NO4/c23-20(11-12-21(24)25)22-14-15-5-8-18(9-6-15)26-19-10-7-16-3-1-2-4-17(16)13-19/h1-10,13H,11-12,14H2,(H,22,23)(H,24,25). The van der Waals surface area contributed by atoms with Gasteiger partial charge in [0, 0.05) is 13.0 Å². The van der Waals surface area contributed by atoms with Crippen LogP contribution in [0.3, 0.4) is 0 Å². The second-order valence-electron chi connectivity index (χ2n) is 5.93. The number of hydrogen-bond acceptors (Lipinski definition) is 3. The van der Waals surface area contributed by atoms with Gasteiger partial charge in [0.25, 0.3) is 0 Å². The van der Waals surface area contributed by atoms with Crippen LogP contribution in [0, 0.1) is 0 Å². The third-order valence-corrected chi connectivity index (χ3v) is 3.94. The summed E-state index contributed by atoms with van der Waals surface area (Å²) in [6, 6.07) is 21.4. The van der Waals surface area contributed by atoms with Crippen molar-refractivity contribution >= 4 is 22.6 Å². The zero-order valence-corrected chi connectivity index (χ0v) is 14.1. The molecule has 0 radical (unpaired) electrons. The van der Waals surface area contributed by atoms with Gasteiger partial charge in [0.2, 0.25) is 5.91 Å². The summed E-state index contributed by atoms with van der Waals surface area (Å²) in [7, 11) is 0. The lowest BCUT2D eigenvalue weighted by molar-refractivity contribution is -0.138. The molecule has 0 aromatic heterocycles. The predicted octanol–water partition coefficient (Wildman–Crippen LogP) is 4.11. The van der Waals surface area contributed by atoms with Gasteiger partial charge in [-0.3, -0.25) is 9.59 Å². The largest absolute Gasteiger partial charge is 0.481 e. The molecule has 0 aliphatic carbocycles. The predicted molar refractivity (Wildman–Crippen MR) is 99.2 cm³/mol.